The lowest BCUT2D eigenvalue weighted by atomic mass is 10.2. The van der Waals surface area contributed by atoms with Crippen molar-refractivity contribution in [3.8, 4) is 0 Å². The molecule has 3 nitrogen and oxygen atoms in total. The fourth-order valence-corrected chi connectivity index (χ4v) is 3.40. The van der Waals surface area contributed by atoms with Crippen molar-refractivity contribution < 1.29 is 8.42 Å². The van der Waals surface area contributed by atoms with E-state index in [-0.39, 0.29) is 11.4 Å². The van der Waals surface area contributed by atoms with Gasteiger partial charge in [0.25, 0.3) is 0 Å². The Kier molecular flexibility index (Phi) is 4.86. The normalized spacial score (nSPS) is 11.8. The highest BCUT2D eigenvalue weighted by Crippen LogP contribution is 2.20. The first-order valence-electron chi connectivity index (χ1n) is 5.86. The van der Waals surface area contributed by atoms with Gasteiger partial charge >= 0.3 is 0 Å². The second-order valence-corrected chi connectivity index (χ2v) is 7.74. The molecule has 0 unspecified atom stereocenters. The molecule has 0 aromatic heterocycles. The van der Waals surface area contributed by atoms with E-state index >= 15 is 0 Å². The van der Waals surface area contributed by atoms with Gasteiger partial charge in [-0.05, 0) is 42.0 Å². The standard InChI is InChI=1S/C14H13BrClNO2S/c1-17(10-11-3-2-4-13(16)9-11)20(18,19)14-7-5-12(15)6-8-14/h2-9H,10H2,1H3. The molecule has 0 saturated heterocycles. The van der Waals surface area contributed by atoms with Gasteiger partial charge in [0.15, 0.2) is 0 Å². The first kappa shape index (κ1) is 15.5. The molecule has 0 atom stereocenters. The van der Waals surface area contributed by atoms with Gasteiger partial charge in [-0.3, -0.25) is 0 Å². The number of hydrogen-bond acceptors (Lipinski definition) is 2. The molecule has 20 heavy (non-hydrogen) atoms. The van der Waals surface area contributed by atoms with E-state index in [1.54, 1.807) is 49.5 Å². The minimum atomic E-state index is -3.50. The van der Waals surface area contributed by atoms with Crippen LogP contribution in [0.3, 0.4) is 0 Å². The minimum Gasteiger partial charge on any atom is -0.207 e. The SMILES string of the molecule is CN(Cc1cccc(Cl)c1)S(=O)(=O)c1ccc(Br)cc1. The van der Waals surface area contributed by atoms with Crippen LogP contribution in [0.15, 0.2) is 57.9 Å². The Bertz CT molecular complexity index is 701. The van der Waals surface area contributed by atoms with Crippen molar-refractivity contribution in [3.63, 3.8) is 0 Å². The molecule has 0 heterocycles. The molecule has 0 spiro atoms. The largest absolute Gasteiger partial charge is 0.243 e. The lowest BCUT2D eigenvalue weighted by Gasteiger charge is -2.17. The van der Waals surface area contributed by atoms with Crippen LogP contribution in [0.25, 0.3) is 0 Å². The summed E-state index contributed by atoms with van der Waals surface area (Å²) in [6, 6.07) is 13.7. The molecule has 0 N–H and O–H groups in total. The molecule has 0 aliphatic rings. The molecular weight excluding hydrogens is 362 g/mol. The van der Waals surface area contributed by atoms with Crippen molar-refractivity contribution in [3.05, 3.63) is 63.6 Å². The first-order valence-corrected chi connectivity index (χ1v) is 8.47. The summed E-state index contributed by atoms with van der Waals surface area (Å²) in [5.74, 6) is 0. The molecule has 0 aliphatic heterocycles. The number of nitrogens with zero attached hydrogens (tertiary/aromatic N) is 1. The maximum Gasteiger partial charge on any atom is 0.243 e. The molecule has 0 fully saturated rings. The van der Waals surface area contributed by atoms with Crippen molar-refractivity contribution in [1.82, 2.24) is 4.31 Å². The summed E-state index contributed by atoms with van der Waals surface area (Å²) in [4.78, 5) is 0.269. The molecule has 0 saturated carbocycles. The predicted octanol–water partition coefficient (Wildman–Crippen LogP) is 3.92. The molecule has 0 radical (unpaired) electrons. The van der Waals surface area contributed by atoms with Crippen molar-refractivity contribution >= 4 is 37.6 Å². The Hall–Kier alpha value is -0.880. The van der Waals surface area contributed by atoms with Gasteiger partial charge < -0.3 is 0 Å². The van der Waals surface area contributed by atoms with Gasteiger partial charge in [-0.25, -0.2) is 8.42 Å². The molecule has 106 valence electrons. The van der Waals surface area contributed by atoms with Gasteiger partial charge in [-0.2, -0.15) is 4.31 Å². The third kappa shape index (κ3) is 3.61. The molecular formula is C14H13BrClNO2S. The van der Waals surface area contributed by atoms with Crippen molar-refractivity contribution in [2.45, 2.75) is 11.4 Å². The highest BCUT2D eigenvalue weighted by molar-refractivity contribution is 9.10. The van der Waals surface area contributed by atoms with E-state index in [2.05, 4.69) is 15.9 Å². The summed E-state index contributed by atoms with van der Waals surface area (Å²) in [7, 11) is -1.94. The van der Waals surface area contributed by atoms with Crippen molar-refractivity contribution in [2.75, 3.05) is 7.05 Å². The van der Waals surface area contributed by atoms with Crippen LogP contribution in [0.5, 0.6) is 0 Å². The van der Waals surface area contributed by atoms with Crippen LogP contribution in [0.1, 0.15) is 5.56 Å². The summed E-state index contributed by atoms with van der Waals surface area (Å²) in [6.07, 6.45) is 0. The molecule has 0 amide bonds. The topological polar surface area (TPSA) is 37.4 Å². The number of halogens is 2. The first-order chi connectivity index (χ1) is 9.39. The summed E-state index contributed by atoms with van der Waals surface area (Å²) >= 11 is 9.19. The van der Waals surface area contributed by atoms with E-state index in [0.717, 1.165) is 10.0 Å². The second-order valence-electron chi connectivity index (χ2n) is 4.34. The number of hydrogen-bond donors (Lipinski definition) is 0. The molecule has 0 bridgehead atoms. The fraction of sp³-hybridized carbons (Fsp3) is 0.143. The van der Waals surface area contributed by atoms with Gasteiger partial charge in [0.05, 0.1) is 4.90 Å². The average Bonchev–Trinajstić information content (AvgIpc) is 2.39. The molecule has 2 aromatic rings. The summed E-state index contributed by atoms with van der Waals surface area (Å²) in [5.41, 5.74) is 0.848. The Morgan fingerprint density at radius 2 is 1.80 bits per heavy atom. The smallest absolute Gasteiger partial charge is 0.207 e. The van der Waals surface area contributed by atoms with E-state index in [1.165, 1.54) is 4.31 Å². The Balaban J connectivity index is 2.23. The summed E-state index contributed by atoms with van der Waals surface area (Å²) < 4.78 is 27.0. The maximum absolute atomic E-state index is 12.4. The van der Waals surface area contributed by atoms with Crippen LogP contribution < -0.4 is 0 Å². The highest BCUT2D eigenvalue weighted by atomic mass is 79.9. The van der Waals surface area contributed by atoms with E-state index in [0.29, 0.717) is 5.02 Å². The predicted molar refractivity (Wildman–Crippen MR) is 84.2 cm³/mol. The summed E-state index contributed by atoms with van der Waals surface area (Å²) in [6.45, 7) is 0.277. The molecule has 2 rings (SSSR count). The third-order valence-electron chi connectivity index (χ3n) is 2.82. The van der Waals surface area contributed by atoms with Crippen LogP contribution in [-0.4, -0.2) is 19.8 Å². The molecule has 2 aromatic carbocycles. The van der Waals surface area contributed by atoms with Gasteiger partial charge in [-0.15, -0.1) is 0 Å². The Morgan fingerprint density at radius 1 is 1.15 bits per heavy atom. The number of rotatable bonds is 4. The highest BCUT2D eigenvalue weighted by Gasteiger charge is 2.20. The van der Waals surface area contributed by atoms with Gasteiger partial charge in [0, 0.05) is 23.1 Å². The van der Waals surface area contributed by atoms with Gasteiger partial charge in [0.2, 0.25) is 10.0 Å². The zero-order valence-electron chi connectivity index (χ0n) is 10.8. The van der Waals surface area contributed by atoms with E-state index < -0.39 is 10.0 Å². The minimum absolute atomic E-state index is 0.269. The van der Waals surface area contributed by atoms with E-state index in [4.69, 9.17) is 11.6 Å². The quantitative estimate of drug-likeness (QED) is 0.813. The second kappa shape index (κ2) is 6.26. The van der Waals surface area contributed by atoms with Crippen molar-refractivity contribution in [1.29, 1.82) is 0 Å². The summed E-state index contributed by atoms with van der Waals surface area (Å²) in [5, 5.41) is 0.594. The zero-order chi connectivity index (χ0) is 14.8. The van der Waals surface area contributed by atoms with Crippen LogP contribution in [0.4, 0.5) is 0 Å². The fourth-order valence-electron chi connectivity index (χ4n) is 1.76. The van der Waals surface area contributed by atoms with Crippen LogP contribution in [-0.2, 0) is 16.6 Å². The van der Waals surface area contributed by atoms with Crippen LogP contribution in [0, 0.1) is 0 Å². The monoisotopic (exact) mass is 373 g/mol. The third-order valence-corrected chi connectivity index (χ3v) is 5.40. The lowest BCUT2D eigenvalue weighted by molar-refractivity contribution is 0.466. The number of benzene rings is 2. The van der Waals surface area contributed by atoms with E-state index in [1.807, 2.05) is 6.07 Å². The zero-order valence-corrected chi connectivity index (χ0v) is 13.9. The van der Waals surface area contributed by atoms with Crippen molar-refractivity contribution in [2.24, 2.45) is 0 Å². The van der Waals surface area contributed by atoms with Crippen LogP contribution in [0.2, 0.25) is 5.02 Å². The molecule has 6 heteroatoms. The number of sulfonamides is 1. The van der Waals surface area contributed by atoms with Gasteiger partial charge in [-0.1, -0.05) is 39.7 Å². The maximum atomic E-state index is 12.4. The van der Waals surface area contributed by atoms with Gasteiger partial charge in [0.1, 0.15) is 0 Å². The van der Waals surface area contributed by atoms with Crippen LogP contribution >= 0.6 is 27.5 Å². The average molecular weight is 375 g/mol. The Morgan fingerprint density at radius 3 is 2.40 bits per heavy atom. The van der Waals surface area contributed by atoms with E-state index in [9.17, 15) is 8.42 Å². The lowest BCUT2D eigenvalue weighted by Crippen LogP contribution is -2.26. The Labute approximate surface area is 132 Å². The molecule has 0 aliphatic carbocycles.